The Morgan fingerprint density at radius 2 is 1.36 bits per heavy atom. The first-order valence-electron chi connectivity index (χ1n) is 11.2. The van der Waals surface area contributed by atoms with Crippen molar-refractivity contribution < 1.29 is 4.79 Å². The Bertz CT molecular complexity index is 1420. The van der Waals surface area contributed by atoms with Gasteiger partial charge in [-0.2, -0.15) is 4.99 Å². The van der Waals surface area contributed by atoms with E-state index in [4.69, 9.17) is 0 Å². The Hall–Kier alpha value is -3.57. The number of carbonyl (C=O) groups is 1. The summed E-state index contributed by atoms with van der Waals surface area (Å²) in [4.78, 5) is 22.5. The van der Waals surface area contributed by atoms with Gasteiger partial charge in [-0.25, -0.2) is 0 Å². The van der Waals surface area contributed by atoms with Crippen LogP contribution in [0.15, 0.2) is 94.8 Å². The number of rotatable bonds is 2. The third-order valence-corrected chi connectivity index (χ3v) is 7.41. The van der Waals surface area contributed by atoms with E-state index in [9.17, 15) is 4.79 Å². The number of aliphatic imine (C=N–C) groups is 1. The molecule has 2 aliphatic heterocycles. The summed E-state index contributed by atoms with van der Waals surface area (Å²) in [6.07, 6.45) is 2.01. The van der Waals surface area contributed by atoms with Crippen molar-refractivity contribution in [2.45, 2.75) is 0 Å². The molecule has 162 valence electrons. The highest BCUT2D eigenvalue weighted by atomic mass is 32.2. The minimum atomic E-state index is -0.141. The standard InChI is InChI=1S/C28H23N3OS/c32-27-26(19-21-18-20-8-4-5-11-23(20)25-13-7-6-12-24(21)25)33-28(29-27)31-16-14-30(15-17-31)22-9-2-1-3-10-22/h1-13,18-19H,14-17H2. The topological polar surface area (TPSA) is 35.9 Å². The molecule has 0 saturated carbocycles. The number of amides is 1. The Kier molecular flexibility index (Phi) is 5.11. The first-order chi connectivity index (χ1) is 16.3. The van der Waals surface area contributed by atoms with Crippen LogP contribution in [0.1, 0.15) is 5.56 Å². The van der Waals surface area contributed by atoms with E-state index in [-0.39, 0.29) is 5.91 Å². The molecule has 1 saturated heterocycles. The van der Waals surface area contributed by atoms with Crippen molar-refractivity contribution in [3.8, 4) is 0 Å². The zero-order valence-electron chi connectivity index (χ0n) is 18.1. The first kappa shape index (κ1) is 20.1. The largest absolute Gasteiger partial charge is 0.368 e. The summed E-state index contributed by atoms with van der Waals surface area (Å²) in [6.45, 7) is 3.57. The number of amidine groups is 1. The van der Waals surface area contributed by atoms with Crippen LogP contribution in [0, 0.1) is 0 Å². The monoisotopic (exact) mass is 449 g/mol. The molecule has 4 nitrogen and oxygen atoms in total. The smallest absolute Gasteiger partial charge is 0.286 e. The highest BCUT2D eigenvalue weighted by molar-refractivity contribution is 8.18. The minimum absolute atomic E-state index is 0.141. The molecular weight excluding hydrogens is 426 g/mol. The third-order valence-electron chi connectivity index (χ3n) is 6.37. The average molecular weight is 450 g/mol. The number of anilines is 1. The molecular formula is C28H23N3OS. The summed E-state index contributed by atoms with van der Waals surface area (Å²) in [5, 5.41) is 5.59. The zero-order valence-corrected chi connectivity index (χ0v) is 19.0. The van der Waals surface area contributed by atoms with Gasteiger partial charge in [0.25, 0.3) is 5.91 Å². The number of piperazine rings is 1. The maximum absolute atomic E-state index is 12.8. The van der Waals surface area contributed by atoms with Crippen LogP contribution in [0.25, 0.3) is 27.6 Å². The van der Waals surface area contributed by atoms with Gasteiger partial charge < -0.3 is 9.80 Å². The Morgan fingerprint density at radius 3 is 2.15 bits per heavy atom. The molecule has 4 aromatic rings. The summed E-state index contributed by atoms with van der Waals surface area (Å²) >= 11 is 1.50. The fourth-order valence-electron chi connectivity index (χ4n) is 4.67. The molecule has 0 atom stereocenters. The Morgan fingerprint density at radius 1 is 0.727 bits per heavy atom. The number of carbonyl (C=O) groups excluding carboxylic acids is 1. The number of thioether (sulfide) groups is 1. The number of hydrogen-bond acceptors (Lipinski definition) is 4. The van der Waals surface area contributed by atoms with E-state index in [2.05, 4.69) is 93.7 Å². The van der Waals surface area contributed by atoms with Crippen LogP contribution in [0.3, 0.4) is 0 Å². The molecule has 5 heteroatoms. The molecule has 2 heterocycles. The van der Waals surface area contributed by atoms with E-state index in [1.807, 2.05) is 12.1 Å². The molecule has 0 unspecified atom stereocenters. The van der Waals surface area contributed by atoms with Crippen molar-refractivity contribution in [2.75, 3.05) is 31.1 Å². The maximum atomic E-state index is 12.8. The van der Waals surface area contributed by atoms with Crippen molar-refractivity contribution in [1.82, 2.24) is 4.90 Å². The van der Waals surface area contributed by atoms with Crippen LogP contribution in [0.2, 0.25) is 0 Å². The predicted molar refractivity (Wildman–Crippen MR) is 140 cm³/mol. The van der Waals surface area contributed by atoms with Gasteiger partial charge >= 0.3 is 0 Å². The van der Waals surface area contributed by atoms with Gasteiger partial charge in [0.15, 0.2) is 5.17 Å². The first-order valence-corrected chi connectivity index (χ1v) is 12.1. The maximum Gasteiger partial charge on any atom is 0.286 e. The van der Waals surface area contributed by atoms with Crippen LogP contribution < -0.4 is 4.90 Å². The van der Waals surface area contributed by atoms with Crippen LogP contribution in [0.4, 0.5) is 5.69 Å². The van der Waals surface area contributed by atoms with Gasteiger partial charge in [0.05, 0.1) is 4.91 Å². The molecule has 6 rings (SSSR count). The van der Waals surface area contributed by atoms with E-state index in [1.54, 1.807) is 0 Å². The second kappa shape index (κ2) is 8.41. The van der Waals surface area contributed by atoms with Gasteiger partial charge in [-0.1, -0.05) is 66.7 Å². The molecule has 0 radical (unpaired) electrons. The van der Waals surface area contributed by atoms with Crippen LogP contribution in [-0.4, -0.2) is 42.2 Å². The second-order valence-corrected chi connectivity index (χ2v) is 9.36. The number of nitrogens with zero attached hydrogens (tertiary/aromatic N) is 3. The highest BCUT2D eigenvalue weighted by Crippen LogP contribution is 2.35. The summed E-state index contributed by atoms with van der Waals surface area (Å²) in [5.74, 6) is -0.141. The molecule has 33 heavy (non-hydrogen) atoms. The number of para-hydroxylation sites is 1. The van der Waals surface area contributed by atoms with Crippen molar-refractivity contribution in [1.29, 1.82) is 0 Å². The SMILES string of the molecule is O=C1N=C(N2CCN(c3ccccc3)CC2)SC1=Cc1cc2ccccc2c2ccccc12. The van der Waals surface area contributed by atoms with Crippen LogP contribution in [-0.2, 0) is 4.79 Å². The quantitative estimate of drug-likeness (QED) is 0.287. The molecule has 1 fully saturated rings. The summed E-state index contributed by atoms with van der Waals surface area (Å²) < 4.78 is 0. The Labute approximate surface area is 197 Å². The second-order valence-electron chi connectivity index (χ2n) is 8.35. The van der Waals surface area contributed by atoms with Crippen molar-refractivity contribution in [2.24, 2.45) is 4.99 Å². The molecule has 0 aromatic heterocycles. The van der Waals surface area contributed by atoms with Gasteiger partial charge in [0.1, 0.15) is 0 Å². The third kappa shape index (κ3) is 3.79. The summed E-state index contributed by atoms with van der Waals surface area (Å²) in [5.41, 5.74) is 2.31. The number of benzene rings is 4. The van der Waals surface area contributed by atoms with Gasteiger partial charge in [-0.15, -0.1) is 0 Å². The van der Waals surface area contributed by atoms with E-state index >= 15 is 0 Å². The highest BCUT2D eigenvalue weighted by Gasteiger charge is 2.28. The molecule has 0 bridgehead atoms. The molecule has 4 aromatic carbocycles. The lowest BCUT2D eigenvalue weighted by Crippen LogP contribution is -2.47. The normalized spacial score (nSPS) is 17.9. The summed E-state index contributed by atoms with van der Waals surface area (Å²) in [7, 11) is 0. The van der Waals surface area contributed by atoms with E-state index in [1.165, 1.54) is 33.6 Å². The molecule has 0 aliphatic carbocycles. The van der Waals surface area contributed by atoms with Crippen molar-refractivity contribution in [3.63, 3.8) is 0 Å². The number of fused-ring (bicyclic) bond motifs is 3. The van der Waals surface area contributed by atoms with Crippen molar-refractivity contribution in [3.05, 3.63) is 95.4 Å². The van der Waals surface area contributed by atoms with Gasteiger partial charge in [-0.3, -0.25) is 4.79 Å². The van der Waals surface area contributed by atoms with Gasteiger partial charge in [0.2, 0.25) is 0 Å². The van der Waals surface area contributed by atoms with Gasteiger partial charge in [0, 0.05) is 31.9 Å². The fourth-order valence-corrected chi connectivity index (χ4v) is 5.63. The fraction of sp³-hybridized carbons (Fsp3) is 0.143. The predicted octanol–water partition coefficient (Wildman–Crippen LogP) is 5.79. The molecule has 2 aliphatic rings. The van der Waals surface area contributed by atoms with Crippen LogP contribution in [0.5, 0.6) is 0 Å². The Balaban J connectivity index is 1.25. The lowest BCUT2D eigenvalue weighted by Gasteiger charge is -2.36. The average Bonchev–Trinajstić information content (AvgIpc) is 3.25. The van der Waals surface area contributed by atoms with E-state index in [0.717, 1.165) is 42.3 Å². The van der Waals surface area contributed by atoms with Crippen molar-refractivity contribution >= 4 is 56.1 Å². The molecule has 1 amide bonds. The van der Waals surface area contributed by atoms with Crippen LogP contribution >= 0.6 is 11.8 Å². The number of hydrogen-bond donors (Lipinski definition) is 0. The molecule has 0 spiro atoms. The van der Waals surface area contributed by atoms with E-state index < -0.39 is 0 Å². The van der Waals surface area contributed by atoms with Gasteiger partial charge in [-0.05, 0) is 63.1 Å². The molecule has 0 N–H and O–H groups in total. The lowest BCUT2D eigenvalue weighted by molar-refractivity contribution is -0.113. The lowest BCUT2D eigenvalue weighted by atomic mass is 9.97. The zero-order chi connectivity index (χ0) is 22.2. The summed E-state index contributed by atoms with van der Waals surface area (Å²) in [6, 6.07) is 29.5. The minimum Gasteiger partial charge on any atom is -0.368 e. The van der Waals surface area contributed by atoms with E-state index in [0.29, 0.717) is 4.91 Å².